The minimum atomic E-state index is -1.09. The second-order valence-corrected chi connectivity index (χ2v) is 4.54. The van der Waals surface area contributed by atoms with Gasteiger partial charge in [0, 0.05) is 0 Å². The first-order valence-electron chi connectivity index (χ1n) is 6.10. The molecule has 0 radical (unpaired) electrons. The molecule has 2 aliphatic rings. The number of hydrazone groups is 1. The van der Waals surface area contributed by atoms with Gasteiger partial charge in [-0.3, -0.25) is 15.0 Å². The van der Waals surface area contributed by atoms with E-state index in [1.54, 1.807) is 0 Å². The molecule has 0 aromatic heterocycles. The van der Waals surface area contributed by atoms with Crippen LogP contribution in [0.5, 0.6) is 0 Å². The molecule has 3 rings (SSSR count). The summed E-state index contributed by atoms with van der Waals surface area (Å²) in [4.78, 5) is 36.9. The van der Waals surface area contributed by atoms with E-state index < -0.39 is 35.6 Å². The van der Waals surface area contributed by atoms with Crippen LogP contribution in [0.3, 0.4) is 0 Å². The van der Waals surface area contributed by atoms with E-state index in [4.69, 9.17) is 0 Å². The zero-order valence-corrected chi connectivity index (χ0v) is 10.9. The fourth-order valence-electron chi connectivity index (χ4n) is 2.43. The van der Waals surface area contributed by atoms with Crippen LogP contribution >= 0.6 is 0 Å². The Kier molecular flexibility index (Phi) is 2.93. The predicted octanol–water partition coefficient (Wildman–Crippen LogP) is -0.184. The highest BCUT2D eigenvalue weighted by Gasteiger charge is 2.56. The molecule has 1 aromatic rings. The summed E-state index contributed by atoms with van der Waals surface area (Å²) in [7, 11) is 1.15. The Morgan fingerprint density at radius 1 is 1.33 bits per heavy atom. The summed E-state index contributed by atoms with van der Waals surface area (Å²) >= 11 is 0. The number of fused-ring (bicyclic) bond motifs is 1. The third kappa shape index (κ3) is 1.79. The van der Waals surface area contributed by atoms with Crippen LogP contribution in [0.15, 0.2) is 29.4 Å². The fraction of sp³-hybridized carbons (Fsp3) is 0.231. The first kappa shape index (κ1) is 13.2. The zero-order valence-electron chi connectivity index (χ0n) is 10.9. The molecule has 0 spiro atoms. The number of esters is 1. The minimum Gasteiger partial charge on any atom is -0.464 e. The van der Waals surface area contributed by atoms with Gasteiger partial charge in [-0.05, 0) is 12.1 Å². The number of anilines is 1. The van der Waals surface area contributed by atoms with Gasteiger partial charge in [0.2, 0.25) is 5.91 Å². The normalized spacial score (nSPS) is 23.7. The molecule has 0 unspecified atom stereocenters. The van der Waals surface area contributed by atoms with Gasteiger partial charge in [-0.2, -0.15) is 5.10 Å². The Labute approximate surface area is 118 Å². The number of nitrogens with one attached hydrogen (secondary N) is 1. The van der Waals surface area contributed by atoms with E-state index in [1.807, 2.05) is 0 Å². The highest BCUT2D eigenvalue weighted by Crippen LogP contribution is 2.31. The number of hydrogen-bond donors (Lipinski definition) is 1. The molecule has 108 valence electrons. The summed E-state index contributed by atoms with van der Waals surface area (Å²) < 4.78 is 18.3. The number of para-hydroxylation sites is 1. The van der Waals surface area contributed by atoms with E-state index in [0.717, 1.165) is 18.1 Å². The van der Waals surface area contributed by atoms with Crippen LogP contribution in [0.4, 0.5) is 10.1 Å². The second-order valence-electron chi connectivity index (χ2n) is 4.54. The Hall–Kier alpha value is -2.77. The molecule has 0 aliphatic carbocycles. The standard InChI is InChI=1S/C13H10FN3O4/c1-21-13(20)10-8-9(15-16-10)12(19)17(11(8)18)7-5-3-2-4-6(7)14/h2-5,8-9,15H,1H3/t8-,9-/m0/s1. The summed E-state index contributed by atoms with van der Waals surface area (Å²) in [5, 5.41) is 3.67. The minimum absolute atomic E-state index is 0.145. The first-order chi connectivity index (χ1) is 10.1. The topological polar surface area (TPSA) is 88.1 Å². The second kappa shape index (κ2) is 4.65. The maximum absolute atomic E-state index is 13.8. The highest BCUT2D eigenvalue weighted by atomic mass is 19.1. The van der Waals surface area contributed by atoms with Gasteiger partial charge in [-0.15, -0.1) is 0 Å². The van der Waals surface area contributed by atoms with Gasteiger partial charge in [-0.1, -0.05) is 12.1 Å². The molecular formula is C13H10FN3O4. The van der Waals surface area contributed by atoms with Crippen LogP contribution in [0.1, 0.15) is 0 Å². The number of carbonyl (C=O) groups is 3. The Balaban J connectivity index is 2.00. The molecule has 1 saturated heterocycles. The maximum atomic E-state index is 13.8. The van der Waals surface area contributed by atoms with Gasteiger partial charge in [0.25, 0.3) is 5.91 Å². The molecule has 1 fully saturated rings. The molecular weight excluding hydrogens is 281 g/mol. The molecule has 2 atom stereocenters. The van der Waals surface area contributed by atoms with Crippen LogP contribution < -0.4 is 10.3 Å². The van der Waals surface area contributed by atoms with Gasteiger partial charge in [0.15, 0.2) is 5.71 Å². The van der Waals surface area contributed by atoms with E-state index >= 15 is 0 Å². The summed E-state index contributed by atoms with van der Waals surface area (Å²) in [6, 6.07) is 4.42. The fourth-order valence-corrected chi connectivity index (χ4v) is 2.43. The quantitative estimate of drug-likeness (QED) is 0.603. The van der Waals surface area contributed by atoms with E-state index in [9.17, 15) is 18.8 Å². The third-order valence-electron chi connectivity index (χ3n) is 3.41. The van der Waals surface area contributed by atoms with Crippen molar-refractivity contribution in [3.63, 3.8) is 0 Å². The number of hydrogen-bond acceptors (Lipinski definition) is 6. The molecule has 7 nitrogen and oxygen atoms in total. The SMILES string of the molecule is COC(=O)C1=NN[C@@H]2C(=O)N(c3ccccc3F)C(=O)[C@H]12. The monoisotopic (exact) mass is 291 g/mol. The molecule has 1 N–H and O–H groups in total. The van der Waals surface area contributed by atoms with Crippen molar-refractivity contribution in [1.29, 1.82) is 0 Å². The van der Waals surface area contributed by atoms with Crippen molar-refractivity contribution in [2.24, 2.45) is 11.0 Å². The molecule has 2 amide bonds. The van der Waals surface area contributed by atoms with Crippen LogP contribution in [0.2, 0.25) is 0 Å². The number of methoxy groups -OCH3 is 1. The van der Waals surface area contributed by atoms with Crippen molar-refractivity contribution < 1.29 is 23.5 Å². The molecule has 2 heterocycles. The predicted molar refractivity (Wildman–Crippen MR) is 68.8 cm³/mol. The molecule has 0 bridgehead atoms. The lowest BCUT2D eigenvalue weighted by Gasteiger charge is -2.16. The molecule has 21 heavy (non-hydrogen) atoms. The molecule has 2 aliphatic heterocycles. The lowest BCUT2D eigenvalue weighted by atomic mass is 9.99. The Bertz CT molecular complexity index is 688. The number of benzene rings is 1. The third-order valence-corrected chi connectivity index (χ3v) is 3.41. The lowest BCUT2D eigenvalue weighted by Crippen LogP contribution is -2.36. The van der Waals surface area contributed by atoms with Crippen LogP contribution in [-0.4, -0.2) is 36.6 Å². The van der Waals surface area contributed by atoms with Crippen molar-refractivity contribution in [3.8, 4) is 0 Å². The maximum Gasteiger partial charge on any atom is 0.355 e. The van der Waals surface area contributed by atoms with Crippen molar-refractivity contribution >= 4 is 29.2 Å². The summed E-state index contributed by atoms with van der Waals surface area (Å²) in [5.41, 5.74) is 2.11. The number of nitrogens with zero attached hydrogens (tertiary/aromatic N) is 2. The van der Waals surface area contributed by atoms with Crippen molar-refractivity contribution in [3.05, 3.63) is 30.1 Å². The van der Waals surface area contributed by atoms with E-state index in [-0.39, 0.29) is 11.4 Å². The van der Waals surface area contributed by atoms with Crippen LogP contribution in [-0.2, 0) is 19.1 Å². The van der Waals surface area contributed by atoms with Crippen molar-refractivity contribution in [2.75, 3.05) is 12.0 Å². The average Bonchev–Trinajstić information content (AvgIpc) is 3.01. The number of ether oxygens (including phenoxy) is 1. The largest absolute Gasteiger partial charge is 0.464 e. The van der Waals surface area contributed by atoms with Gasteiger partial charge in [0.05, 0.1) is 12.8 Å². The number of carbonyl (C=O) groups excluding carboxylic acids is 3. The van der Waals surface area contributed by atoms with E-state index in [2.05, 4.69) is 15.3 Å². The highest BCUT2D eigenvalue weighted by molar-refractivity contribution is 6.46. The molecule has 1 aromatic carbocycles. The average molecular weight is 291 g/mol. The van der Waals surface area contributed by atoms with Crippen LogP contribution in [0, 0.1) is 11.7 Å². The Morgan fingerprint density at radius 3 is 2.71 bits per heavy atom. The van der Waals surface area contributed by atoms with Crippen molar-refractivity contribution in [1.82, 2.24) is 5.43 Å². The first-order valence-corrected chi connectivity index (χ1v) is 6.10. The van der Waals surface area contributed by atoms with E-state index in [1.165, 1.54) is 18.2 Å². The van der Waals surface area contributed by atoms with Gasteiger partial charge in [-0.25, -0.2) is 14.1 Å². The summed E-state index contributed by atoms with van der Waals surface area (Å²) in [5.74, 6) is -3.95. The molecule has 0 saturated carbocycles. The molecule has 8 heteroatoms. The number of halogens is 1. The van der Waals surface area contributed by atoms with Crippen molar-refractivity contribution in [2.45, 2.75) is 6.04 Å². The number of rotatable bonds is 2. The smallest absolute Gasteiger partial charge is 0.355 e. The number of imide groups is 1. The summed E-state index contributed by atoms with van der Waals surface area (Å²) in [6.07, 6.45) is 0. The number of amides is 2. The zero-order chi connectivity index (χ0) is 15.1. The van der Waals surface area contributed by atoms with Gasteiger partial charge < -0.3 is 4.74 Å². The van der Waals surface area contributed by atoms with Crippen LogP contribution in [0.25, 0.3) is 0 Å². The summed E-state index contributed by atoms with van der Waals surface area (Å²) in [6.45, 7) is 0. The lowest BCUT2D eigenvalue weighted by molar-refractivity contribution is -0.133. The Morgan fingerprint density at radius 2 is 2.05 bits per heavy atom. The van der Waals surface area contributed by atoms with Gasteiger partial charge in [0.1, 0.15) is 17.8 Å². The van der Waals surface area contributed by atoms with E-state index in [0.29, 0.717) is 0 Å². The van der Waals surface area contributed by atoms with Gasteiger partial charge >= 0.3 is 5.97 Å².